The van der Waals surface area contributed by atoms with E-state index in [-0.39, 0.29) is 6.54 Å². The molecule has 0 aliphatic carbocycles. The van der Waals surface area contributed by atoms with Gasteiger partial charge in [-0.25, -0.2) is 4.98 Å². The smallest absolute Gasteiger partial charge is 0.317 e. The highest BCUT2D eigenvalue weighted by Gasteiger charge is 2.17. The molecule has 1 aliphatic rings. The second-order valence-electron chi connectivity index (χ2n) is 4.67. The molecule has 0 saturated carbocycles. The largest absolute Gasteiger partial charge is 0.480 e. The molecule has 0 unspecified atom stereocenters. The molecule has 100 valence electrons. The lowest BCUT2D eigenvalue weighted by atomic mass is 10.3. The maximum absolute atomic E-state index is 10.6. The SMILES string of the molecule is O=C(O)CN1CCN(CCCn2ccnc2)CC1. The molecule has 1 saturated heterocycles. The molecular weight excluding hydrogens is 232 g/mol. The van der Waals surface area contributed by atoms with Crippen molar-refractivity contribution in [3.8, 4) is 0 Å². The lowest BCUT2D eigenvalue weighted by molar-refractivity contribution is -0.138. The van der Waals surface area contributed by atoms with Crippen LogP contribution in [-0.2, 0) is 11.3 Å². The van der Waals surface area contributed by atoms with Crippen molar-refractivity contribution in [2.75, 3.05) is 39.3 Å². The van der Waals surface area contributed by atoms with E-state index in [1.807, 2.05) is 17.4 Å². The van der Waals surface area contributed by atoms with Gasteiger partial charge < -0.3 is 14.6 Å². The van der Waals surface area contributed by atoms with Gasteiger partial charge in [0.1, 0.15) is 0 Å². The van der Waals surface area contributed by atoms with E-state index >= 15 is 0 Å². The van der Waals surface area contributed by atoms with E-state index in [1.54, 1.807) is 6.20 Å². The molecule has 1 aromatic rings. The number of nitrogens with zero attached hydrogens (tertiary/aromatic N) is 4. The van der Waals surface area contributed by atoms with Crippen molar-refractivity contribution in [3.63, 3.8) is 0 Å². The molecule has 0 aromatic carbocycles. The minimum absolute atomic E-state index is 0.170. The summed E-state index contributed by atoms with van der Waals surface area (Å²) in [6.45, 7) is 5.89. The number of hydrogen-bond donors (Lipinski definition) is 1. The van der Waals surface area contributed by atoms with Crippen LogP contribution in [0.2, 0.25) is 0 Å². The number of carboxylic acids is 1. The first-order valence-corrected chi connectivity index (χ1v) is 6.36. The minimum atomic E-state index is -0.733. The number of hydrogen-bond acceptors (Lipinski definition) is 4. The second kappa shape index (κ2) is 6.51. The van der Waals surface area contributed by atoms with Crippen molar-refractivity contribution >= 4 is 5.97 Å². The van der Waals surface area contributed by atoms with E-state index in [1.165, 1.54) is 0 Å². The molecule has 0 atom stereocenters. The van der Waals surface area contributed by atoms with Crippen molar-refractivity contribution in [1.29, 1.82) is 0 Å². The first-order valence-electron chi connectivity index (χ1n) is 6.36. The Balaban J connectivity index is 1.60. The average Bonchev–Trinajstić information content (AvgIpc) is 2.84. The molecule has 0 spiro atoms. The Bertz CT molecular complexity index is 358. The van der Waals surface area contributed by atoms with Crippen molar-refractivity contribution in [2.45, 2.75) is 13.0 Å². The van der Waals surface area contributed by atoms with Gasteiger partial charge in [-0.2, -0.15) is 0 Å². The first-order chi connectivity index (χ1) is 8.74. The van der Waals surface area contributed by atoms with E-state index in [9.17, 15) is 4.79 Å². The van der Waals surface area contributed by atoms with Gasteiger partial charge in [0, 0.05) is 45.1 Å². The van der Waals surface area contributed by atoms with Crippen molar-refractivity contribution in [1.82, 2.24) is 19.4 Å². The molecule has 1 N–H and O–H groups in total. The fraction of sp³-hybridized carbons (Fsp3) is 0.667. The van der Waals surface area contributed by atoms with E-state index in [4.69, 9.17) is 5.11 Å². The van der Waals surface area contributed by atoms with Crippen LogP contribution < -0.4 is 0 Å². The number of piperazine rings is 1. The summed E-state index contributed by atoms with van der Waals surface area (Å²) in [5.41, 5.74) is 0. The Morgan fingerprint density at radius 3 is 2.50 bits per heavy atom. The molecule has 2 heterocycles. The summed E-state index contributed by atoms with van der Waals surface area (Å²) in [6, 6.07) is 0. The third-order valence-corrected chi connectivity index (χ3v) is 3.27. The van der Waals surface area contributed by atoms with E-state index < -0.39 is 5.97 Å². The lowest BCUT2D eigenvalue weighted by Crippen LogP contribution is -2.48. The predicted molar refractivity (Wildman–Crippen MR) is 67.4 cm³/mol. The highest BCUT2D eigenvalue weighted by atomic mass is 16.4. The molecule has 1 aliphatic heterocycles. The van der Waals surface area contributed by atoms with E-state index in [0.29, 0.717) is 0 Å². The number of rotatable bonds is 6. The predicted octanol–water partition coefficient (Wildman–Crippen LogP) is -0.0246. The average molecular weight is 252 g/mol. The molecule has 18 heavy (non-hydrogen) atoms. The van der Waals surface area contributed by atoms with Gasteiger partial charge in [0.25, 0.3) is 0 Å². The third kappa shape index (κ3) is 4.12. The molecule has 2 rings (SSSR count). The van der Waals surface area contributed by atoms with Crippen LogP contribution in [0.15, 0.2) is 18.7 Å². The van der Waals surface area contributed by atoms with Gasteiger partial charge in [0.05, 0.1) is 12.9 Å². The second-order valence-corrected chi connectivity index (χ2v) is 4.67. The zero-order chi connectivity index (χ0) is 12.8. The molecular formula is C12H20N4O2. The number of carbonyl (C=O) groups is 1. The fourth-order valence-electron chi connectivity index (χ4n) is 2.26. The number of imidazole rings is 1. The van der Waals surface area contributed by atoms with Crippen molar-refractivity contribution in [2.24, 2.45) is 0 Å². The number of aryl methyl sites for hydroxylation is 1. The van der Waals surface area contributed by atoms with Gasteiger partial charge in [-0.05, 0) is 13.0 Å². The maximum atomic E-state index is 10.6. The Morgan fingerprint density at radius 1 is 1.17 bits per heavy atom. The summed E-state index contributed by atoms with van der Waals surface area (Å²) in [5, 5.41) is 8.71. The number of carboxylic acid groups (broad SMARTS) is 1. The van der Waals surface area contributed by atoms with Crippen LogP contribution in [0.5, 0.6) is 0 Å². The van der Waals surface area contributed by atoms with Crippen LogP contribution in [-0.4, -0.2) is 69.7 Å². The first kappa shape index (κ1) is 13.0. The number of aliphatic carboxylic acids is 1. The highest BCUT2D eigenvalue weighted by molar-refractivity contribution is 5.69. The van der Waals surface area contributed by atoms with Crippen LogP contribution in [0.3, 0.4) is 0 Å². The standard InChI is InChI=1S/C12H20N4O2/c17-12(18)10-15-8-6-14(7-9-15)3-1-4-16-5-2-13-11-16/h2,5,11H,1,3-4,6-10H2,(H,17,18). The summed E-state index contributed by atoms with van der Waals surface area (Å²) >= 11 is 0. The van der Waals surface area contributed by atoms with Gasteiger partial charge in [-0.3, -0.25) is 9.69 Å². The van der Waals surface area contributed by atoms with Gasteiger partial charge >= 0.3 is 5.97 Å². The number of aromatic nitrogens is 2. The van der Waals surface area contributed by atoms with Crippen molar-refractivity contribution in [3.05, 3.63) is 18.7 Å². The van der Waals surface area contributed by atoms with Crippen molar-refractivity contribution < 1.29 is 9.90 Å². The zero-order valence-electron chi connectivity index (χ0n) is 10.5. The summed E-state index contributed by atoms with van der Waals surface area (Å²) in [4.78, 5) is 19.0. The van der Waals surface area contributed by atoms with Crippen LogP contribution >= 0.6 is 0 Å². The molecule has 1 aromatic heterocycles. The van der Waals surface area contributed by atoms with Crippen LogP contribution in [0.4, 0.5) is 0 Å². The summed E-state index contributed by atoms with van der Waals surface area (Å²) in [7, 11) is 0. The molecule has 6 heteroatoms. The van der Waals surface area contributed by atoms with Gasteiger partial charge in [0.2, 0.25) is 0 Å². The quantitative estimate of drug-likeness (QED) is 0.770. The maximum Gasteiger partial charge on any atom is 0.317 e. The molecule has 0 amide bonds. The molecule has 0 radical (unpaired) electrons. The van der Waals surface area contributed by atoms with E-state index in [0.717, 1.165) is 45.7 Å². The van der Waals surface area contributed by atoms with Crippen LogP contribution in [0.1, 0.15) is 6.42 Å². The van der Waals surface area contributed by atoms with Gasteiger partial charge in [0.15, 0.2) is 0 Å². The zero-order valence-corrected chi connectivity index (χ0v) is 10.5. The Kier molecular flexibility index (Phi) is 4.72. The van der Waals surface area contributed by atoms with Crippen LogP contribution in [0, 0.1) is 0 Å². The summed E-state index contributed by atoms with van der Waals surface area (Å²) in [5.74, 6) is -0.733. The summed E-state index contributed by atoms with van der Waals surface area (Å²) in [6.07, 6.45) is 6.72. The minimum Gasteiger partial charge on any atom is -0.480 e. The Morgan fingerprint density at radius 2 is 1.89 bits per heavy atom. The highest BCUT2D eigenvalue weighted by Crippen LogP contribution is 2.03. The van der Waals surface area contributed by atoms with E-state index in [2.05, 4.69) is 14.5 Å². The normalized spacial score (nSPS) is 18.0. The molecule has 0 bridgehead atoms. The fourth-order valence-corrected chi connectivity index (χ4v) is 2.26. The van der Waals surface area contributed by atoms with Gasteiger partial charge in [-0.1, -0.05) is 0 Å². The van der Waals surface area contributed by atoms with Gasteiger partial charge in [-0.15, -0.1) is 0 Å². The lowest BCUT2D eigenvalue weighted by Gasteiger charge is -2.33. The monoisotopic (exact) mass is 252 g/mol. The topological polar surface area (TPSA) is 61.6 Å². The third-order valence-electron chi connectivity index (χ3n) is 3.27. The Hall–Kier alpha value is -1.40. The summed E-state index contributed by atoms with van der Waals surface area (Å²) < 4.78 is 2.08. The molecule has 1 fully saturated rings. The van der Waals surface area contributed by atoms with Crippen LogP contribution in [0.25, 0.3) is 0 Å². The molecule has 6 nitrogen and oxygen atoms in total. The Labute approximate surface area is 107 Å².